The van der Waals surface area contributed by atoms with Gasteiger partial charge in [-0.25, -0.2) is 0 Å². The van der Waals surface area contributed by atoms with E-state index < -0.39 is 0 Å². The molecule has 90 valence electrons. The first kappa shape index (κ1) is 11.7. The fourth-order valence-corrected chi connectivity index (χ4v) is 2.23. The lowest BCUT2D eigenvalue weighted by atomic mass is 10.2. The Hall–Kier alpha value is -0.800. The molecule has 0 atom stereocenters. The minimum Gasteiger partial charge on any atom is -0.379 e. The maximum atomic E-state index is 5.35. The zero-order valence-corrected chi connectivity index (χ0v) is 10.6. The summed E-state index contributed by atoms with van der Waals surface area (Å²) in [5.41, 5.74) is 4.24. The molecule has 0 saturated carbocycles. The van der Waals surface area contributed by atoms with Crippen molar-refractivity contribution in [1.29, 1.82) is 0 Å². The fraction of sp³-hybridized carbons (Fsp3) is 0.692. The van der Waals surface area contributed by atoms with E-state index in [1.807, 2.05) is 0 Å². The van der Waals surface area contributed by atoms with E-state index in [0.717, 1.165) is 39.4 Å². The molecule has 0 aliphatic carbocycles. The SMILES string of the molecule is Cc1cn(CCN2CCOCC2)c(C)c1C. The second-order valence-corrected chi connectivity index (χ2v) is 4.67. The van der Waals surface area contributed by atoms with Crippen molar-refractivity contribution in [1.82, 2.24) is 9.47 Å². The summed E-state index contributed by atoms with van der Waals surface area (Å²) in [7, 11) is 0. The molecule has 0 amide bonds. The molecule has 0 aromatic carbocycles. The molecule has 1 aromatic heterocycles. The van der Waals surface area contributed by atoms with Gasteiger partial charge in [-0.1, -0.05) is 0 Å². The van der Waals surface area contributed by atoms with Crippen LogP contribution in [0.15, 0.2) is 6.20 Å². The third kappa shape index (κ3) is 2.47. The van der Waals surface area contributed by atoms with Crippen LogP contribution in [-0.2, 0) is 11.3 Å². The van der Waals surface area contributed by atoms with Gasteiger partial charge in [0.2, 0.25) is 0 Å². The molecule has 16 heavy (non-hydrogen) atoms. The van der Waals surface area contributed by atoms with Gasteiger partial charge in [-0.15, -0.1) is 0 Å². The lowest BCUT2D eigenvalue weighted by Crippen LogP contribution is -2.38. The quantitative estimate of drug-likeness (QED) is 0.775. The largest absolute Gasteiger partial charge is 0.379 e. The Bertz CT molecular complexity index is 351. The predicted octanol–water partition coefficient (Wildman–Crippen LogP) is 1.75. The molecule has 1 aliphatic rings. The summed E-state index contributed by atoms with van der Waals surface area (Å²) in [4.78, 5) is 2.48. The van der Waals surface area contributed by atoms with Gasteiger partial charge in [-0.3, -0.25) is 4.90 Å². The minimum atomic E-state index is 0.892. The van der Waals surface area contributed by atoms with Gasteiger partial charge in [0.15, 0.2) is 0 Å². The van der Waals surface area contributed by atoms with Crippen LogP contribution in [0.3, 0.4) is 0 Å². The number of rotatable bonds is 3. The Morgan fingerprint density at radius 1 is 1.12 bits per heavy atom. The van der Waals surface area contributed by atoms with Crippen molar-refractivity contribution >= 4 is 0 Å². The highest BCUT2D eigenvalue weighted by Gasteiger charge is 2.11. The highest BCUT2D eigenvalue weighted by molar-refractivity contribution is 5.28. The lowest BCUT2D eigenvalue weighted by molar-refractivity contribution is 0.0363. The Morgan fingerprint density at radius 3 is 2.38 bits per heavy atom. The third-order valence-electron chi connectivity index (χ3n) is 3.68. The fourth-order valence-electron chi connectivity index (χ4n) is 2.23. The van der Waals surface area contributed by atoms with Crippen molar-refractivity contribution in [3.05, 3.63) is 23.0 Å². The van der Waals surface area contributed by atoms with E-state index in [9.17, 15) is 0 Å². The Balaban J connectivity index is 1.91. The van der Waals surface area contributed by atoms with Crippen LogP contribution in [0.2, 0.25) is 0 Å². The zero-order valence-electron chi connectivity index (χ0n) is 10.6. The third-order valence-corrected chi connectivity index (χ3v) is 3.68. The summed E-state index contributed by atoms with van der Waals surface area (Å²) in [6.45, 7) is 12.8. The van der Waals surface area contributed by atoms with E-state index in [4.69, 9.17) is 4.74 Å². The molecular weight excluding hydrogens is 200 g/mol. The smallest absolute Gasteiger partial charge is 0.0594 e. The molecule has 3 nitrogen and oxygen atoms in total. The highest BCUT2D eigenvalue weighted by atomic mass is 16.5. The van der Waals surface area contributed by atoms with Gasteiger partial charge in [0, 0.05) is 38.1 Å². The topological polar surface area (TPSA) is 17.4 Å². The molecule has 1 aromatic rings. The van der Waals surface area contributed by atoms with E-state index in [1.165, 1.54) is 16.8 Å². The first-order valence-electron chi connectivity index (χ1n) is 6.11. The van der Waals surface area contributed by atoms with E-state index in [0.29, 0.717) is 0 Å². The Kier molecular flexibility index (Phi) is 3.66. The van der Waals surface area contributed by atoms with E-state index in [-0.39, 0.29) is 0 Å². The number of aryl methyl sites for hydroxylation is 1. The Labute approximate surface area is 98.0 Å². The van der Waals surface area contributed by atoms with Gasteiger partial charge in [-0.2, -0.15) is 0 Å². The molecule has 1 saturated heterocycles. The predicted molar refractivity (Wildman–Crippen MR) is 65.9 cm³/mol. The average molecular weight is 222 g/mol. The van der Waals surface area contributed by atoms with Crippen LogP contribution in [0.1, 0.15) is 16.8 Å². The molecule has 0 radical (unpaired) electrons. The van der Waals surface area contributed by atoms with Crippen molar-refractivity contribution in [3.63, 3.8) is 0 Å². The first-order chi connectivity index (χ1) is 7.68. The normalized spacial score (nSPS) is 17.9. The molecule has 1 fully saturated rings. The van der Waals surface area contributed by atoms with Gasteiger partial charge in [-0.05, 0) is 31.9 Å². The van der Waals surface area contributed by atoms with Crippen molar-refractivity contribution in [2.45, 2.75) is 27.3 Å². The number of aromatic nitrogens is 1. The van der Waals surface area contributed by atoms with Gasteiger partial charge < -0.3 is 9.30 Å². The number of nitrogens with zero attached hydrogens (tertiary/aromatic N) is 2. The van der Waals surface area contributed by atoms with Crippen LogP contribution in [-0.4, -0.2) is 42.3 Å². The lowest BCUT2D eigenvalue weighted by Gasteiger charge is -2.26. The van der Waals surface area contributed by atoms with Crippen LogP contribution in [0.4, 0.5) is 0 Å². The zero-order chi connectivity index (χ0) is 11.5. The van der Waals surface area contributed by atoms with E-state index in [2.05, 4.69) is 36.4 Å². The number of ether oxygens (including phenoxy) is 1. The van der Waals surface area contributed by atoms with Crippen molar-refractivity contribution in [2.24, 2.45) is 0 Å². The highest BCUT2D eigenvalue weighted by Crippen LogP contribution is 2.14. The molecule has 0 spiro atoms. The van der Waals surface area contributed by atoms with Crippen LogP contribution in [0.5, 0.6) is 0 Å². The van der Waals surface area contributed by atoms with Crippen LogP contribution in [0, 0.1) is 20.8 Å². The summed E-state index contributed by atoms with van der Waals surface area (Å²) in [6.07, 6.45) is 2.27. The average Bonchev–Trinajstić information content (AvgIpc) is 2.56. The maximum Gasteiger partial charge on any atom is 0.0594 e. The van der Waals surface area contributed by atoms with Crippen LogP contribution >= 0.6 is 0 Å². The first-order valence-corrected chi connectivity index (χ1v) is 6.11. The van der Waals surface area contributed by atoms with E-state index >= 15 is 0 Å². The molecule has 1 aliphatic heterocycles. The molecule has 0 N–H and O–H groups in total. The standard InChI is InChI=1S/C13H22N2O/c1-11-10-15(13(3)12(11)2)5-4-14-6-8-16-9-7-14/h10H,4-9H2,1-3H3. The molecule has 2 rings (SSSR count). The number of hydrogen-bond donors (Lipinski definition) is 0. The minimum absolute atomic E-state index is 0.892. The molecule has 0 unspecified atom stereocenters. The van der Waals surface area contributed by atoms with Gasteiger partial charge >= 0.3 is 0 Å². The summed E-state index contributed by atoms with van der Waals surface area (Å²) in [5, 5.41) is 0. The summed E-state index contributed by atoms with van der Waals surface area (Å²) in [5.74, 6) is 0. The second kappa shape index (κ2) is 5.02. The van der Waals surface area contributed by atoms with Crippen molar-refractivity contribution in [2.75, 3.05) is 32.8 Å². The van der Waals surface area contributed by atoms with Crippen LogP contribution in [0.25, 0.3) is 0 Å². The van der Waals surface area contributed by atoms with E-state index in [1.54, 1.807) is 0 Å². The van der Waals surface area contributed by atoms with Crippen molar-refractivity contribution in [3.8, 4) is 0 Å². The maximum absolute atomic E-state index is 5.35. The van der Waals surface area contributed by atoms with Crippen LogP contribution < -0.4 is 0 Å². The molecular formula is C13H22N2O. The van der Waals surface area contributed by atoms with Gasteiger partial charge in [0.05, 0.1) is 13.2 Å². The molecule has 3 heteroatoms. The summed E-state index contributed by atoms with van der Waals surface area (Å²) >= 11 is 0. The second-order valence-electron chi connectivity index (χ2n) is 4.67. The van der Waals surface area contributed by atoms with Crippen molar-refractivity contribution < 1.29 is 4.74 Å². The van der Waals surface area contributed by atoms with Gasteiger partial charge in [0.25, 0.3) is 0 Å². The number of morpholine rings is 1. The Morgan fingerprint density at radius 2 is 1.81 bits per heavy atom. The van der Waals surface area contributed by atoms with Gasteiger partial charge in [0.1, 0.15) is 0 Å². The summed E-state index contributed by atoms with van der Waals surface area (Å²) < 4.78 is 7.73. The molecule has 2 heterocycles. The number of hydrogen-bond acceptors (Lipinski definition) is 2. The molecule has 0 bridgehead atoms. The monoisotopic (exact) mass is 222 g/mol. The summed E-state index contributed by atoms with van der Waals surface area (Å²) in [6, 6.07) is 0.